The minimum atomic E-state index is -1.37. The Morgan fingerprint density at radius 3 is 1.48 bits per heavy atom. The quantitative estimate of drug-likeness (QED) is 0.173. The van der Waals surface area contributed by atoms with E-state index in [1.54, 1.807) is 28.1 Å². The number of benzene rings is 2. The van der Waals surface area contributed by atoms with Gasteiger partial charge in [-0.2, -0.15) is 0 Å². The first kappa shape index (κ1) is 28.7. The van der Waals surface area contributed by atoms with Crippen LogP contribution in [0.1, 0.15) is 25.0 Å². The van der Waals surface area contributed by atoms with Crippen LogP contribution in [0.2, 0.25) is 0 Å². The summed E-state index contributed by atoms with van der Waals surface area (Å²) in [6, 6.07) is 11.7. The average Bonchev–Trinajstić information content (AvgIpc) is 3.41. The minimum Gasteiger partial charge on any atom is -0.495 e. The second-order valence-corrected chi connectivity index (χ2v) is 10.4. The zero-order valence-electron chi connectivity index (χ0n) is 23.7. The predicted octanol–water partition coefficient (Wildman–Crippen LogP) is 3.92. The Morgan fingerprint density at radius 1 is 0.750 bits per heavy atom. The van der Waals surface area contributed by atoms with Crippen LogP contribution in [0.4, 0.5) is 0 Å². The van der Waals surface area contributed by atoms with Gasteiger partial charge in [-0.05, 0) is 51.0 Å². The molecule has 2 heterocycles. The molecule has 0 bridgehead atoms. The zero-order valence-corrected chi connectivity index (χ0v) is 23.7. The number of carbonyl (C=O) groups is 2. The van der Waals surface area contributed by atoms with Gasteiger partial charge in [0.2, 0.25) is 0 Å². The van der Waals surface area contributed by atoms with Gasteiger partial charge in [-0.1, -0.05) is 24.3 Å². The van der Waals surface area contributed by atoms with Gasteiger partial charge in [0.1, 0.15) is 11.5 Å². The molecule has 0 unspecified atom stereocenters. The van der Waals surface area contributed by atoms with Crippen LogP contribution in [-0.2, 0) is 32.2 Å². The molecule has 4 aromatic rings. The molecule has 2 aromatic carbocycles. The number of aromatic nitrogens is 2. The molecule has 0 aliphatic carbocycles. The SMILES string of the molecule is COc1cn(C[C@@](C)(N)OC(=O)/C=C/C(=O)O[C@](C)(N)Cn2cc(OC)c3c(C)cccc32)c2cccc(C)c12. The van der Waals surface area contributed by atoms with Gasteiger partial charge in [-0.25, -0.2) is 9.59 Å². The van der Waals surface area contributed by atoms with E-state index in [1.807, 2.05) is 71.8 Å². The number of ether oxygens (including phenoxy) is 4. The number of fused-ring (bicyclic) bond motifs is 2. The molecule has 0 radical (unpaired) electrons. The second kappa shape index (κ2) is 11.1. The molecular weight excluding hydrogens is 512 g/mol. The summed E-state index contributed by atoms with van der Waals surface area (Å²) in [6.07, 6.45) is 5.58. The van der Waals surface area contributed by atoms with E-state index in [9.17, 15) is 9.59 Å². The molecule has 2 atom stereocenters. The predicted molar refractivity (Wildman–Crippen MR) is 153 cm³/mol. The summed E-state index contributed by atoms with van der Waals surface area (Å²) in [5, 5.41) is 1.92. The molecule has 4 N–H and O–H groups in total. The van der Waals surface area contributed by atoms with Gasteiger partial charge in [0.05, 0.1) is 38.3 Å². The van der Waals surface area contributed by atoms with Crippen molar-refractivity contribution in [2.75, 3.05) is 14.2 Å². The van der Waals surface area contributed by atoms with E-state index in [1.165, 1.54) is 0 Å². The van der Waals surface area contributed by atoms with Crippen LogP contribution in [0.25, 0.3) is 21.8 Å². The largest absolute Gasteiger partial charge is 0.495 e. The number of esters is 2. The smallest absolute Gasteiger partial charge is 0.332 e. The van der Waals surface area contributed by atoms with E-state index >= 15 is 0 Å². The van der Waals surface area contributed by atoms with E-state index in [4.69, 9.17) is 30.4 Å². The van der Waals surface area contributed by atoms with Gasteiger partial charge >= 0.3 is 11.9 Å². The maximum Gasteiger partial charge on any atom is 0.332 e. The maximum atomic E-state index is 12.5. The number of hydrogen-bond donors (Lipinski definition) is 2. The minimum absolute atomic E-state index is 0.162. The normalized spacial score (nSPS) is 14.7. The van der Waals surface area contributed by atoms with Crippen molar-refractivity contribution in [2.24, 2.45) is 11.5 Å². The molecule has 0 aliphatic heterocycles. The monoisotopic (exact) mass is 548 g/mol. The van der Waals surface area contributed by atoms with Crippen molar-refractivity contribution in [1.82, 2.24) is 9.13 Å². The number of hydrogen-bond acceptors (Lipinski definition) is 8. The van der Waals surface area contributed by atoms with Crippen LogP contribution in [0.15, 0.2) is 60.9 Å². The number of nitrogens with zero attached hydrogens (tertiary/aromatic N) is 2. The van der Waals surface area contributed by atoms with Crippen molar-refractivity contribution in [3.05, 3.63) is 72.1 Å². The van der Waals surface area contributed by atoms with Crippen LogP contribution < -0.4 is 20.9 Å². The van der Waals surface area contributed by atoms with E-state index in [0.29, 0.717) is 11.5 Å². The molecule has 0 saturated heterocycles. The Bertz CT molecular complexity index is 1480. The van der Waals surface area contributed by atoms with Gasteiger partial charge in [0, 0.05) is 35.3 Å². The third-order valence-corrected chi connectivity index (χ3v) is 6.59. The van der Waals surface area contributed by atoms with E-state index in [2.05, 4.69) is 0 Å². The first-order valence-corrected chi connectivity index (χ1v) is 12.8. The second-order valence-electron chi connectivity index (χ2n) is 10.4. The van der Waals surface area contributed by atoms with Crippen molar-refractivity contribution in [2.45, 2.75) is 52.2 Å². The Labute approximate surface area is 233 Å². The number of rotatable bonds is 10. The van der Waals surface area contributed by atoms with Crippen LogP contribution in [0, 0.1) is 13.8 Å². The fourth-order valence-electron chi connectivity index (χ4n) is 4.95. The first-order valence-electron chi connectivity index (χ1n) is 12.8. The van der Waals surface area contributed by atoms with Crippen molar-refractivity contribution in [3.8, 4) is 11.5 Å². The zero-order chi connectivity index (χ0) is 29.2. The lowest BCUT2D eigenvalue weighted by molar-refractivity contribution is -0.155. The Kier molecular flexibility index (Phi) is 7.95. The van der Waals surface area contributed by atoms with Crippen LogP contribution in [0.3, 0.4) is 0 Å². The van der Waals surface area contributed by atoms with Crippen LogP contribution in [0.5, 0.6) is 11.5 Å². The van der Waals surface area contributed by atoms with Crippen molar-refractivity contribution >= 4 is 33.7 Å². The fraction of sp³-hybridized carbons (Fsp3) is 0.333. The van der Waals surface area contributed by atoms with Gasteiger partial charge in [-0.3, -0.25) is 11.5 Å². The number of nitrogens with two attached hydrogens (primary N) is 2. The molecule has 0 spiro atoms. The summed E-state index contributed by atoms with van der Waals surface area (Å²) in [5.41, 5.74) is 13.8. The first-order chi connectivity index (χ1) is 18.8. The van der Waals surface area contributed by atoms with Crippen LogP contribution >= 0.6 is 0 Å². The van der Waals surface area contributed by atoms with Crippen molar-refractivity contribution < 1.29 is 28.5 Å². The highest BCUT2D eigenvalue weighted by atomic mass is 16.6. The van der Waals surface area contributed by atoms with Gasteiger partial charge in [-0.15, -0.1) is 0 Å². The Hall–Kier alpha value is -4.28. The summed E-state index contributed by atoms with van der Waals surface area (Å²) in [5.74, 6) is -0.192. The fourth-order valence-corrected chi connectivity index (χ4v) is 4.95. The van der Waals surface area contributed by atoms with Gasteiger partial charge in [0.15, 0.2) is 11.4 Å². The lowest BCUT2D eigenvalue weighted by Crippen LogP contribution is -2.45. The number of aryl methyl sites for hydroxylation is 2. The standard InChI is InChI=1S/C30H36N4O6/c1-19-9-7-11-21-27(19)23(37-5)15-33(21)17-29(3,31)39-25(35)13-14-26(36)40-30(4,32)18-34-16-24(38-6)28-20(2)10-8-12-22(28)34/h7-16H,17-18,31-32H2,1-6H3/b14-13+/t29-,30-/m0/s1. The topological polar surface area (TPSA) is 133 Å². The number of methoxy groups -OCH3 is 2. The summed E-state index contributed by atoms with van der Waals surface area (Å²) in [7, 11) is 3.20. The highest BCUT2D eigenvalue weighted by Gasteiger charge is 2.27. The lowest BCUT2D eigenvalue weighted by Gasteiger charge is -2.26. The molecule has 0 fully saturated rings. The summed E-state index contributed by atoms with van der Waals surface area (Å²) in [4.78, 5) is 25.0. The van der Waals surface area contributed by atoms with Crippen molar-refractivity contribution in [3.63, 3.8) is 0 Å². The van der Waals surface area contributed by atoms with Crippen molar-refractivity contribution in [1.29, 1.82) is 0 Å². The van der Waals surface area contributed by atoms with E-state index in [0.717, 1.165) is 45.1 Å². The summed E-state index contributed by atoms with van der Waals surface area (Å²) >= 11 is 0. The number of carbonyl (C=O) groups excluding carboxylic acids is 2. The Morgan fingerprint density at radius 2 is 1.12 bits per heavy atom. The highest BCUT2D eigenvalue weighted by molar-refractivity contribution is 5.92. The summed E-state index contributed by atoms with van der Waals surface area (Å²) in [6.45, 7) is 7.47. The molecule has 10 heteroatoms. The molecule has 40 heavy (non-hydrogen) atoms. The van der Waals surface area contributed by atoms with E-state index < -0.39 is 23.4 Å². The Balaban J connectivity index is 1.39. The molecule has 212 valence electrons. The summed E-state index contributed by atoms with van der Waals surface area (Å²) < 4.78 is 25.7. The highest BCUT2D eigenvalue weighted by Crippen LogP contribution is 2.33. The molecular formula is C30H36N4O6. The molecule has 4 rings (SSSR count). The van der Waals surface area contributed by atoms with Gasteiger partial charge in [0.25, 0.3) is 0 Å². The maximum absolute atomic E-state index is 12.5. The molecule has 10 nitrogen and oxygen atoms in total. The third kappa shape index (κ3) is 6.13. The molecule has 0 saturated carbocycles. The third-order valence-electron chi connectivity index (χ3n) is 6.59. The average molecular weight is 549 g/mol. The van der Waals surface area contributed by atoms with Crippen LogP contribution in [-0.4, -0.2) is 46.7 Å². The molecule has 0 aliphatic rings. The van der Waals surface area contributed by atoms with E-state index in [-0.39, 0.29) is 13.1 Å². The molecule has 0 amide bonds. The lowest BCUT2D eigenvalue weighted by atomic mass is 10.1. The molecule has 2 aromatic heterocycles. The van der Waals surface area contributed by atoms with Gasteiger partial charge < -0.3 is 28.1 Å².